The van der Waals surface area contributed by atoms with Crippen molar-refractivity contribution in [1.29, 1.82) is 0 Å². The first-order chi connectivity index (χ1) is 15.4. The Labute approximate surface area is 194 Å². The standard InChI is InChI=1S/C24H23N3O3S2/c1-15-12-20-22(32-15)23(30)27(13-17-6-4-3-5-7-17)24(26-20)31-14-21(29)25-19-10-8-18(9-11-19)16(2)28/h3-11,15H,12-14H2,1-2H3,(H,25,29). The fourth-order valence-electron chi connectivity index (χ4n) is 3.46. The predicted octanol–water partition coefficient (Wildman–Crippen LogP) is 4.26. The second-order valence-corrected chi connectivity index (χ2v) is 10.0. The first-order valence-corrected chi connectivity index (χ1v) is 12.1. The number of Topliss-reactive ketones (excluding diaryl/α,β-unsaturated/α-hetero) is 1. The molecule has 2 aromatic carbocycles. The van der Waals surface area contributed by atoms with Crippen LogP contribution in [-0.2, 0) is 17.8 Å². The van der Waals surface area contributed by atoms with Crippen LogP contribution in [0.15, 0.2) is 69.4 Å². The van der Waals surface area contributed by atoms with Crippen LogP contribution < -0.4 is 10.9 Å². The Hall–Kier alpha value is -2.84. The smallest absolute Gasteiger partial charge is 0.268 e. The molecule has 6 nitrogen and oxygen atoms in total. The molecule has 1 unspecified atom stereocenters. The van der Waals surface area contributed by atoms with E-state index in [-0.39, 0.29) is 23.0 Å². The average molecular weight is 466 g/mol. The molecule has 1 aliphatic rings. The molecular formula is C24H23N3O3S2. The van der Waals surface area contributed by atoms with Crippen LogP contribution in [-0.4, -0.2) is 32.2 Å². The van der Waals surface area contributed by atoms with Gasteiger partial charge in [-0.3, -0.25) is 19.0 Å². The van der Waals surface area contributed by atoms with Crippen LogP contribution in [0.3, 0.4) is 0 Å². The van der Waals surface area contributed by atoms with Crippen molar-refractivity contribution in [1.82, 2.24) is 9.55 Å². The lowest BCUT2D eigenvalue weighted by atomic mass is 10.1. The summed E-state index contributed by atoms with van der Waals surface area (Å²) in [6, 6.07) is 16.5. The maximum atomic E-state index is 13.2. The number of nitrogens with zero attached hydrogens (tertiary/aromatic N) is 2. The highest BCUT2D eigenvalue weighted by Gasteiger charge is 2.26. The van der Waals surface area contributed by atoms with Gasteiger partial charge in [0.15, 0.2) is 10.9 Å². The molecule has 0 aliphatic carbocycles. The van der Waals surface area contributed by atoms with Crippen molar-refractivity contribution in [3.63, 3.8) is 0 Å². The second-order valence-electron chi connectivity index (χ2n) is 7.65. The number of hydrogen-bond donors (Lipinski definition) is 1. The third-order valence-electron chi connectivity index (χ3n) is 5.05. The summed E-state index contributed by atoms with van der Waals surface area (Å²) in [7, 11) is 0. The first kappa shape index (κ1) is 22.4. The Balaban J connectivity index is 1.52. The summed E-state index contributed by atoms with van der Waals surface area (Å²) in [5.74, 6) is -0.101. The van der Waals surface area contributed by atoms with Crippen molar-refractivity contribution in [2.45, 2.75) is 42.1 Å². The zero-order chi connectivity index (χ0) is 22.7. The highest BCUT2D eigenvalue weighted by Crippen LogP contribution is 2.34. The van der Waals surface area contributed by atoms with E-state index in [2.05, 4.69) is 12.2 Å². The van der Waals surface area contributed by atoms with E-state index in [1.54, 1.807) is 40.6 Å². The van der Waals surface area contributed by atoms with E-state index < -0.39 is 0 Å². The Bertz CT molecular complexity index is 1210. The molecule has 0 radical (unpaired) electrons. The van der Waals surface area contributed by atoms with Crippen molar-refractivity contribution >= 4 is 40.9 Å². The van der Waals surface area contributed by atoms with E-state index in [4.69, 9.17) is 4.98 Å². The summed E-state index contributed by atoms with van der Waals surface area (Å²) in [5, 5.41) is 3.70. The summed E-state index contributed by atoms with van der Waals surface area (Å²) < 4.78 is 1.67. The summed E-state index contributed by atoms with van der Waals surface area (Å²) in [6.07, 6.45) is 0.754. The topological polar surface area (TPSA) is 81.1 Å². The fraction of sp³-hybridized carbons (Fsp3) is 0.250. The summed E-state index contributed by atoms with van der Waals surface area (Å²) in [5.41, 5.74) is 2.99. The molecular weight excluding hydrogens is 442 g/mol. The maximum absolute atomic E-state index is 13.2. The van der Waals surface area contributed by atoms with Crippen LogP contribution in [0.5, 0.6) is 0 Å². The van der Waals surface area contributed by atoms with Crippen LogP contribution in [0.2, 0.25) is 0 Å². The third-order valence-corrected chi connectivity index (χ3v) is 7.25. The number of nitrogens with one attached hydrogen (secondary N) is 1. The largest absolute Gasteiger partial charge is 0.325 e. The molecule has 164 valence electrons. The number of hydrogen-bond acceptors (Lipinski definition) is 6. The zero-order valence-electron chi connectivity index (χ0n) is 17.8. The average Bonchev–Trinajstić information content (AvgIpc) is 3.16. The number of aromatic nitrogens is 2. The molecule has 2 heterocycles. The molecule has 1 amide bonds. The molecule has 0 spiro atoms. The van der Waals surface area contributed by atoms with E-state index in [9.17, 15) is 14.4 Å². The zero-order valence-corrected chi connectivity index (χ0v) is 19.5. The lowest BCUT2D eigenvalue weighted by Crippen LogP contribution is -2.26. The van der Waals surface area contributed by atoms with Gasteiger partial charge in [-0.25, -0.2) is 4.98 Å². The second kappa shape index (κ2) is 9.75. The first-order valence-electron chi connectivity index (χ1n) is 10.3. The molecule has 4 rings (SSSR count). The van der Waals surface area contributed by atoms with Crippen LogP contribution >= 0.6 is 23.5 Å². The highest BCUT2D eigenvalue weighted by atomic mass is 32.2. The molecule has 0 bridgehead atoms. The number of amides is 1. The molecule has 3 aromatic rings. The van der Waals surface area contributed by atoms with Gasteiger partial charge in [-0.05, 0) is 36.8 Å². The minimum atomic E-state index is -0.200. The third kappa shape index (κ3) is 5.14. The van der Waals surface area contributed by atoms with Gasteiger partial charge in [0.1, 0.15) is 0 Å². The fourth-order valence-corrected chi connectivity index (χ4v) is 5.39. The van der Waals surface area contributed by atoms with Crippen molar-refractivity contribution in [3.05, 3.63) is 81.8 Å². The van der Waals surface area contributed by atoms with Gasteiger partial charge in [-0.2, -0.15) is 0 Å². The summed E-state index contributed by atoms with van der Waals surface area (Å²) in [6.45, 7) is 4.00. The molecule has 1 N–H and O–H groups in total. The SMILES string of the molecule is CC(=O)c1ccc(NC(=O)CSc2nc3c(c(=O)n2Cc2ccccc2)SC(C)C3)cc1. The van der Waals surface area contributed by atoms with Gasteiger partial charge in [-0.1, -0.05) is 49.0 Å². The normalized spacial score (nSPS) is 14.8. The number of benzene rings is 2. The van der Waals surface area contributed by atoms with Crippen LogP contribution in [0, 0.1) is 0 Å². The van der Waals surface area contributed by atoms with Gasteiger partial charge in [0, 0.05) is 22.9 Å². The van der Waals surface area contributed by atoms with Gasteiger partial charge >= 0.3 is 0 Å². The maximum Gasteiger partial charge on any atom is 0.268 e. The summed E-state index contributed by atoms with van der Waals surface area (Å²) in [4.78, 5) is 42.6. The number of anilines is 1. The van der Waals surface area contributed by atoms with Crippen molar-refractivity contribution in [3.8, 4) is 0 Å². The number of carbonyl (C=O) groups excluding carboxylic acids is 2. The van der Waals surface area contributed by atoms with Crippen molar-refractivity contribution in [2.75, 3.05) is 11.1 Å². The van der Waals surface area contributed by atoms with Gasteiger partial charge in [0.2, 0.25) is 5.91 Å². The number of thioether (sulfide) groups is 2. The number of fused-ring (bicyclic) bond motifs is 1. The summed E-state index contributed by atoms with van der Waals surface area (Å²) >= 11 is 2.83. The van der Waals surface area contributed by atoms with E-state index in [0.29, 0.717) is 33.1 Å². The van der Waals surface area contributed by atoms with E-state index in [1.165, 1.54) is 18.7 Å². The number of carbonyl (C=O) groups is 2. The molecule has 0 saturated heterocycles. The van der Waals surface area contributed by atoms with E-state index in [1.807, 2.05) is 30.3 Å². The minimum Gasteiger partial charge on any atom is -0.325 e. The molecule has 1 aromatic heterocycles. The predicted molar refractivity (Wildman–Crippen MR) is 129 cm³/mol. The van der Waals surface area contributed by atoms with Gasteiger partial charge in [0.25, 0.3) is 5.56 Å². The number of ketones is 1. The van der Waals surface area contributed by atoms with Crippen molar-refractivity contribution in [2.24, 2.45) is 0 Å². The lowest BCUT2D eigenvalue weighted by Gasteiger charge is -2.14. The number of rotatable bonds is 7. The molecule has 8 heteroatoms. The molecule has 0 fully saturated rings. The van der Waals surface area contributed by atoms with Crippen LogP contribution in [0.4, 0.5) is 5.69 Å². The van der Waals surface area contributed by atoms with E-state index in [0.717, 1.165) is 17.7 Å². The highest BCUT2D eigenvalue weighted by molar-refractivity contribution is 8.00. The van der Waals surface area contributed by atoms with Gasteiger partial charge in [-0.15, -0.1) is 11.8 Å². The van der Waals surface area contributed by atoms with Gasteiger partial charge < -0.3 is 5.32 Å². The van der Waals surface area contributed by atoms with E-state index >= 15 is 0 Å². The Morgan fingerprint density at radius 3 is 2.56 bits per heavy atom. The minimum absolute atomic E-state index is 0.0232. The lowest BCUT2D eigenvalue weighted by molar-refractivity contribution is -0.113. The Morgan fingerprint density at radius 2 is 1.88 bits per heavy atom. The Morgan fingerprint density at radius 1 is 1.16 bits per heavy atom. The monoisotopic (exact) mass is 465 g/mol. The molecule has 1 aliphatic heterocycles. The molecule has 1 atom stereocenters. The molecule has 32 heavy (non-hydrogen) atoms. The molecule has 0 saturated carbocycles. The van der Waals surface area contributed by atoms with Crippen LogP contribution in [0.1, 0.15) is 35.5 Å². The van der Waals surface area contributed by atoms with Crippen molar-refractivity contribution < 1.29 is 9.59 Å². The van der Waals surface area contributed by atoms with Crippen LogP contribution in [0.25, 0.3) is 0 Å². The quantitative estimate of drug-likeness (QED) is 0.319. The Kier molecular flexibility index (Phi) is 6.81. The van der Waals surface area contributed by atoms with Gasteiger partial charge in [0.05, 0.1) is 22.9 Å².